The number of hydrogen-bond donors (Lipinski definition) is 2. The van der Waals surface area contributed by atoms with E-state index < -0.39 is 17.3 Å². The monoisotopic (exact) mass is 239 g/mol. The van der Waals surface area contributed by atoms with E-state index >= 15 is 0 Å². The van der Waals surface area contributed by atoms with E-state index in [4.69, 9.17) is 5.11 Å². The summed E-state index contributed by atoms with van der Waals surface area (Å²) in [4.78, 5) is 22.4. The van der Waals surface area contributed by atoms with Gasteiger partial charge in [0.1, 0.15) is 5.41 Å². The van der Waals surface area contributed by atoms with Crippen LogP contribution in [-0.2, 0) is 23.1 Å². The summed E-state index contributed by atoms with van der Waals surface area (Å²) in [6, 6.07) is 1.86. The van der Waals surface area contributed by atoms with Crippen LogP contribution in [0.1, 0.15) is 19.5 Å². The highest BCUT2D eigenvalue weighted by molar-refractivity contribution is 6.00. The summed E-state index contributed by atoms with van der Waals surface area (Å²) in [6.07, 6.45) is 2.30. The Morgan fingerprint density at radius 2 is 2.18 bits per heavy atom. The van der Waals surface area contributed by atoms with E-state index in [2.05, 4.69) is 10.4 Å². The van der Waals surface area contributed by atoms with Crippen molar-refractivity contribution in [2.45, 2.75) is 20.3 Å². The van der Waals surface area contributed by atoms with E-state index in [0.717, 1.165) is 5.69 Å². The molecule has 0 unspecified atom stereocenters. The van der Waals surface area contributed by atoms with E-state index in [1.54, 1.807) is 10.9 Å². The topological polar surface area (TPSA) is 84.2 Å². The van der Waals surface area contributed by atoms with Crippen LogP contribution in [0.5, 0.6) is 0 Å². The first-order valence-electron chi connectivity index (χ1n) is 5.34. The van der Waals surface area contributed by atoms with Crippen LogP contribution in [0.3, 0.4) is 0 Å². The lowest BCUT2D eigenvalue weighted by Gasteiger charge is -2.18. The van der Waals surface area contributed by atoms with Crippen molar-refractivity contribution in [1.82, 2.24) is 15.1 Å². The molecule has 1 amide bonds. The van der Waals surface area contributed by atoms with Crippen molar-refractivity contribution < 1.29 is 14.7 Å². The maximum absolute atomic E-state index is 11.6. The fourth-order valence-electron chi connectivity index (χ4n) is 1.27. The van der Waals surface area contributed by atoms with Gasteiger partial charge in [-0.2, -0.15) is 5.10 Å². The first kappa shape index (κ1) is 13.2. The Morgan fingerprint density at radius 3 is 2.65 bits per heavy atom. The Labute approximate surface area is 99.6 Å². The minimum absolute atomic E-state index is 0.398. The van der Waals surface area contributed by atoms with Gasteiger partial charge in [-0.1, -0.05) is 0 Å². The van der Waals surface area contributed by atoms with Crippen LogP contribution < -0.4 is 5.32 Å². The second kappa shape index (κ2) is 4.99. The Morgan fingerprint density at radius 1 is 1.53 bits per heavy atom. The number of carboxylic acid groups (broad SMARTS) is 1. The van der Waals surface area contributed by atoms with E-state index in [9.17, 15) is 9.59 Å². The molecule has 1 aromatic rings. The molecule has 0 fully saturated rings. The number of carboxylic acids is 1. The third-order valence-electron chi connectivity index (χ3n) is 2.69. The van der Waals surface area contributed by atoms with Gasteiger partial charge in [0.2, 0.25) is 5.91 Å². The average molecular weight is 239 g/mol. The normalized spacial score (nSPS) is 11.2. The third-order valence-corrected chi connectivity index (χ3v) is 2.69. The lowest BCUT2D eigenvalue weighted by molar-refractivity contribution is -0.153. The van der Waals surface area contributed by atoms with Crippen LogP contribution in [-0.4, -0.2) is 33.3 Å². The first-order chi connectivity index (χ1) is 7.85. The zero-order valence-corrected chi connectivity index (χ0v) is 10.2. The van der Waals surface area contributed by atoms with E-state index in [1.165, 1.54) is 13.8 Å². The Bertz CT molecular complexity index is 423. The summed E-state index contributed by atoms with van der Waals surface area (Å²) < 4.78 is 1.72. The zero-order chi connectivity index (χ0) is 13.1. The number of nitrogens with one attached hydrogen (secondary N) is 1. The van der Waals surface area contributed by atoms with Gasteiger partial charge in [0.05, 0.1) is 0 Å². The molecule has 1 rings (SSSR count). The van der Waals surface area contributed by atoms with Crippen molar-refractivity contribution in [2.24, 2.45) is 12.5 Å². The summed E-state index contributed by atoms with van der Waals surface area (Å²) in [5.41, 5.74) is -0.412. The van der Waals surface area contributed by atoms with Crippen molar-refractivity contribution >= 4 is 11.9 Å². The number of aryl methyl sites for hydroxylation is 1. The van der Waals surface area contributed by atoms with Crippen LogP contribution in [0.2, 0.25) is 0 Å². The number of aromatic nitrogens is 2. The minimum Gasteiger partial charge on any atom is -0.480 e. The summed E-state index contributed by atoms with van der Waals surface area (Å²) in [7, 11) is 1.82. The molecule has 0 atom stereocenters. The van der Waals surface area contributed by atoms with Gasteiger partial charge < -0.3 is 10.4 Å². The summed E-state index contributed by atoms with van der Waals surface area (Å²) in [5.74, 6) is -1.61. The molecule has 0 saturated carbocycles. The van der Waals surface area contributed by atoms with Gasteiger partial charge in [-0.05, 0) is 19.9 Å². The fraction of sp³-hybridized carbons (Fsp3) is 0.545. The molecule has 0 radical (unpaired) electrons. The summed E-state index contributed by atoms with van der Waals surface area (Å²) >= 11 is 0. The molecular weight excluding hydrogens is 222 g/mol. The van der Waals surface area contributed by atoms with Crippen molar-refractivity contribution in [1.29, 1.82) is 0 Å². The highest BCUT2D eigenvalue weighted by atomic mass is 16.4. The molecule has 2 N–H and O–H groups in total. The fourth-order valence-corrected chi connectivity index (χ4v) is 1.27. The molecule has 1 heterocycles. The van der Waals surface area contributed by atoms with Crippen molar-refractivity contribution in [3.8, 4) is 0 Å². The van der Waals surface area contributed by atoms with Gasteiger partial charge in [-0.3, -0.25) is 14.3 Å². The van der Waals surface area contributed by atoms with Crippen molar-refractivity contribution in [3.05, 3.63) is 18.0 Å². The molecule has 17 heavy (non-hydrogen) atoms. The minimum atomic E-state index is -1.40. The summed E-state index contributed by atoms with van der Waals surface area (Å²) in [6.45, 7) is 3.17. The molecule has 1 aromatic heterocycles. The highest BCUT2D eigenvalue weighted by Gasteiger charge is 2.35. The Balaban J connectivity index is 2.45. The van der Waals surface area contributed by atoms with Crippen LogP contribution in [0, 0.1) is 5.41 Å². The number of carbonyl (C=O) groups excluding carboxylic acids is 1. The van der Waals surface area contributed by atoms with Crippen LogP contribution in [0.4, 0.5) is 0 Å². The third kappa shape index (κ3) is 3.05. The second-order valence-corrected chi connectivity index (χ2v) is 4.38. The maximum atomic E-state index is 11.6. The number of amides is 1. The maximum Gasteiger partial charge on any atom is 0.318 e. The molecule has 0 aromatic carbocycles. The average Bonchev–Trinajstić information content (AvgIpc) is 2.64. The quantitative estimate of drug-likeness (QED) is 0.718. The predicted molar refractivity (Wildman–Crippen MR) is 61.3 cm³/mol. The smallest absolute Gasteiger partial charge is 0.318 e. The van der Waals surface area contributed by atoms with Gasteiger partial charge >= 0.3 is 5.97 Å². The molecule has 0 aliphatic carbocycles. The molecule has 0 saturated heterocycles. The molecule has 0 aliphatic rings. The number of hydrogen-bond acceptors (Lipinski definition) is 3. The molecule has 0 spiro atoms. The van der Waals surface area contributed by atoms with Crippen molar-refractivity contribution in [3.63, 3.8) is 0 Å². The van der Waals surface area contributed by atoms with Gasteiger partial charge in [0.15, 0.2) is 0 Å². The van der Waals surface area contributed by atoms with E-state index in [1.807, 2.05) is 13.1 Å². The largest absolute Gasteiger partial charge is 0.480 e. The predicted octanol–water partition coefficient (Wildman–Crippen LogP) is 0.190. The number of aliphatic carboxylic acids is 1. The number of nitrogens with zero attached hydrogens (tertiary/aromatic N) is 2. The lowest BCUT2D eigenvalue weighted by Crippen LogP contribution is -2.43. The molecule has 6 nitrogen and oxygen atoms in total. The molecular formula is C11H17N3O3. The SMILES string of the molecule is Cn1nccc1CCNC(=O)C(C)(C)C(=O)O. The molecule has 94 valence electrons. The zero-order valence-electron chi connectivity index (χ0n) is 10.2. The van der Waals surface area contributed by atoms with Gasteiger partial charge in [0, 0.05) is 31.9 Å². The van der Waals surface area contributed by atoms with E-state index in [0.29, 0.717) is 13.0 Å². The van der Waals surface area contributed by atoms with Gasteiger partial charge in [-0.25, -0.2) is 0 Å². The molecule has 6 heteroatoms. The van der Waals surface area contributed by atoms with Gasteiger partial charge in [0.25, 0.3) is 0 Å². The van der Waals surface area contributed by atoms with Gasteiger partial charge in [-0.15, -0.1) is 0 Å². The lowest BCUT2D eigenvalue weighted by atomic mass is 9.93. The Kier molecular flexibility index (Phi) is 3.88. The highest BCUT2D eigenvalue weighted by Crippen LogP contribution is 2.14. The van der Waals surface area contributed by atoms with Crippen molar-refractivity contribution in [2.75, 3.05) is 6.54 Å². The number of rotatable bonds is 5. The van der Waals surface area contributed by atoms with Crippen LogP contribution >= 0.6 is 0 Å². The number of carbonyl (C=O) groups is 2. The Hall–Kier alpha value is -1.85. The standard InChI is InChI=1S/C11H17N3O3/c1-11(2,10(16)17)9(15)12-6-4-8-5-7-13-14(8)3/h5,7H,4,6H2,1-3H3,(H,12,15)(H,16,17). The first-order valence-corrected chi connectivity index (χ1v) is 5.34. The molecule has 0 bridgehead atoms. The summed E-state index contributed by atoms with van der Waals surface area (Å²) in [5, 5.41) is 15.5. The second-order valence-electron chi connectivity index (χ2n) is 4.38. The van der Waals surface area contributed by atoms with Crippen LogP contribution in [0.15, 0.2) is 12.3 Å². The van der Waals surface area contributed by atoms with E-state index in [-0.39, 0.29) is 0 Å². The van der Waals surface area contributed by atoms with Crippen LogP contribution in [0.25, 0.3) is 0 Å². The molecule has 0 aliphatic heterocycles.